The molecule has 0 aliphatic heterocycles. The van der Waals surface area contributed by atoms with Crippen LogP contribution in [0.15, 0.2) is 72.9 Å². The lowest BCUT2D eigenvalue weighted by atomic mass is 10.1. The van der Waals surface area contributed by atoms with Crippen LogP contribution in [0.2, 0.25) is 0 Å². The molecule has 0 saturated carbocycles. The SMILES string of the molecule is CCCOc1ncccc1CNC(=O)CCOc1ccccc1-c1ccccc1. The first-order chi connectivity index (χ1) is 14.3. The van der Waals surface area contributed by atoms with Crippen molar-refractivity contribution in [3.05, 3.63) is 78.5 Å². The Kier molecular flexibility index (Phi) is 7.63. The highest BCUT2D eigenvalue weighted by Gasteiger charge is 2.09. The molecule has 0 fully saturated rings. The highest BCUT2D eigenvalue weighted by Crippen LogP contribution is 2.29. The predicted molar refractivity (Wildman–Crippen MR) is 114 cm³/mol. The summed E-state index contributed by atoms with van der Waals surface area (Å²) >= 11 is 0. The molecule has 5 nitrogen and oxygen atoms in total. The molecule has 2 aromatic carbocycles. The summed E-state index contributed by atoms with van der Waals surface area (Å²) < 4.78 is 11.5. The van der Waals surface area contributed by atoms with Gasteiger partial charge in [0.15, 0.2) is 0 Å². The number of aromatic nitrogens is 1. The second-order valence-electron chi connectivity index (χ2n) is 6.55. The van der Waals surface area contributed by atoms with Gasteiger partial charge in [0, 0.05) is 23.9 Å². The van der Waals surface area contributed by atoms with Gasteiger partial charge in [-0.15, -0.1) is 0 Å². The van der Waals surface area contributed by atoms with E-state index in [9.17, 15) is 4.79 Å². The molecule has 1 heterocycles. The van der Waals surface area contributed by atoms with E-state index in [2.05, 4.69) is 10.3 Å². The topological polar surface area (TPSA) is 60.5 Å². The molecule has 0 radical (unpaired) electrons. The van der Waals surface area contributed by atoms with Gasteiger partial charge in [-0.1, -0.05) is 61.5 Å². The third-order valence-corrected chi connectivity index (χ3v) is 4.33. The lowest BCUT2D eigenvalue weighted by molar-refractivity contribution is -0.121. The fraction of sp³-hybridized carbons (Fsp3) is 0.250. The van der Waals surface area contributed by atoms with E-state index in [4.69, 9.17) is 9.47 Å². The van der Waals surface area contributed by atoms with E-state index in [1.165, 1.54) is 0 Å². The normalized spacial score (nSPS) is 10.4. The monoisotopic (exact) mass is 390 g/mol. The molecule has 0 aliphatic carbocycles. The van der Waals surface area contributed by atoms with Crippen LogP contribution >= 0.6 is 0 Å². The van der Waals surface area contributed by atoms with Gasteiger partial charge in [-0.05, 0) is 24.1 Å². The fourth-order valence-electron chi connectivity index (χ4n) is 2.87. The summed E-state index contributed by atoms with van der Waals surface area (Å²) in [6.07, 6.45) is 2.87. The number of nitrogens with one attached hydrogen (secondary N) is 1. The minimum atomic E-state index is -0.0764. The van der Waals surface area contributed by atoms with Crippen LogP contribution in [0, 0.1) is 0 Å². The van der Waals surface area contributed by atoms with Crippen molar-refractivity contribution in [2.75, 3.05) is 13.2 Å². The van der Waals surface area contributed by atoms with E-state index in [-0.39, 0.29) is 12.3 Å². The van der Waals surface area contributed by atoms with Crippen LogP contribution in [0.1, 0.15) is 25.3 Å². The van der Waals surface area contributed by atoms with E-state index in [0.717, 1.165) is 28.9 Å². The molecule has 0 spiro atoms. The molecule has 1 aromatic heterocycles. The third-order valence-electron chi connectivity index (χ3n) is 4.33. The summed E-state index contributed by atoms with van der Waals surface area (Å²) in [7, 11) is 0. The number of carbonyl (C=O) groups is 1. The number of hydrogen-bond acceptors (Lipinski definition) is 4. The van der Waals surface area contributed by atoms with Crippen molar-refractivity contribution >= 4 is 5.91 Å². The lowest BCUT2D eigenvalue weighted by Gasteiger charge is -2.12. The van der Waals surface area contributed by atoms with Crippen LogP contribution in [0.4, 0.5) is 0 Å². The molecule has 0 bridgehead atoms. The summed E-state index contributed by atoms with van der Waals surface area (Å²) in [6, 6.07) is 21.7. The summed E-state index contributed by atoms with van der Waals surface area (Å²) in [5.74, 6) is 1.27. The van der Waals surface area contributed by atoms with Crippen molar-refractivity contribution in [3.63, 3.8) is 0 Å². The van der Waals surface area contributed by atoms with Crippen LogP contribution in [-0.4, -0.2) is 24.1 Å². The molecule has 0 aliphatic rings. The standard InChI is InChI=1S/C24H26N2O3/c1-2-16-29-24-20(11-8-15-25-24)18-26-23(27)14-17-28-22-13-7-6-12-21(22)19-9-4-3-5-10-19/h3-13,15H,2,14,16-18H2,1H3,(H,26,27). The molecule has 0 unspecified atom stereocenters. The van der Waals surface area contributed by atoms with E-state index < -0.39 is 0 Å². The number of rotatable bonds is 10. The highest BCUT2D eigenvalue weighted by atomic mass is 16.5. The Morgan fingerprint density at radius 3 is 2.55 bits per heavy atom. The number of nitrogens with zero attached hydrogens (tertiary/aromatic N) is 1. The number of pyridine rings is 1. The quantitative estimate of drug-likeness (QED) is 0.549. The molecular weight excluding hydrogens is 364 g/mol. The zero-order chi connectivity index (χ0) is 20.3. The van der Waals surface area contributed by atoms with Crippen molar-refractivity contribution in [2.24, 2.45) is 0 Å². The number of carbonyl (C=O) groups excluding carboxylic acids is 1. The second-order valence-corrected chi connectivity index (χ2v) is 6.55. The molecule has 3 aromatic rings. The number of amides is 1. The summed E-state index contributed by atoms with van der Waals surface area (Å²) in [6.45, 7) is 3.33. The zero-order valence-corrected chi connectivity index (χ0v) is 16.6. The van der Waals surface area contributed by atoms with E-state index >= 15 is 0 Å². The maximum atomic E-state index is 12.2. The number of para-hydroxylation sites is 1. The average Bonchev–Trinajstić information content (AvgIpc) is 2.78. The van der Waals surface area contributed by atoms with E-state index in [1.807, 2.05) is 73.7 Å². The first-order valence-electron chi connectivity index (χ1n) is 9.88. The Labute approximate surface area is 171 Å². The van der Waals surface area contributed by atoms with Gasteiger partial charge in [0.05, 0.1) is 19.6 Å². The van der Waals surface area contributed by atoms with Crippen LogP contribution in [-0.2, 0) is 11.3 Å². The van der Waals surface area contributed by atoms with Crippen LogP contribution in [0.25, 0.3) is 11.1 Å². The van der Waals surface area contributed by atoms with Crippen molar-refractivity contribution in [1.29, 1.82) is 0 Å². The Morgan fingerprint density at radius 2 is 1.72 bits per heavy atom. The van der Waals surface area contributed by atoms with Gasteiger partial charge < -0.3 is 14.8 Å². The van der Waals surface area contributed by atoms with Gasteiger partial charge in [-0.3, -0.25) is 4.79 Å². The second kappa shape index (κ2) is 10.9. The van der Waals surface area contributed by atoms with Gasteiger partial charge in [-0.25, -0.2) is 4.98 Å². The average molecular weight is 390 g/mol. The minimum absolute atomic E-state index is 0.0764. The van der Waals surface area contributed by atoms with Crippen molar-refractivity contribution in [2.45, 2.75) is 26.3 Å². The van der Waals surface area contributed by atoms with Crippen molar-refractivity contribution < 1.29 is 14.3 Å². The van der Waals surface area contributed by atoms with Crippen LogP contribution < -0.4 is 14.8 Å². The highest BCUT2D eigenvalue weighted by molar-refractivity contribution is 5.76. The zero-order valence-electron chi connectivity index (χ0n) is 16.6. The number of ether oxygens (including phenoxy) is 2. The Hall–Kier alpha value is -3.34. The van der Waals surface area contributed by atoms with Crippen molar-refractivity contribution in [1.82, 2.24) is 10.3 Å². The van der Waals surface area contributed by atoms with Crippen LogP contribution in [0.5, 0.6) is 11.6 Å². The third kappa shape index (κ3) is 6.07. The Morgan fingerprint density at radius 1 is 0.931 bits per heavy atom. The van der Waals surface area contributed by atoms with Gasteiger partial charge in [0.1, 0.15) is 5.75 Å². The number of hydrogen-bond donors (Lipinski definition) is 1. The van der Waals surface area contributed by atoms with Gasteiger partial charge >= 0.3 is 0 Å². The molecule has 0 saturated heterocycles. The van der Waals surface area contributed by atoms with Gasteiger partial charge in [-0.2, -0.15) is 0 Å². The summed E-state index contributed by atoms with van der Waals surface area (Å²) in [5.41, 5.74) is 2.97. The Bertz CT molecular complexity index is 913. The first-order valence-corrected chi connectivity index (χ1v) is 9.88. The number of benzene rings is 2. The Balaban J connectivity index is 1.50. The molecule has 150 valence electrons. The largest absolute Gasteiger partial charge is 0.492 e. The fourth-order valence-corrected chi connectivity index (χ4v) is 2.87. The molecule has 3 rings (SSSR count). The van der Waals surface area contributed by atoms with Crippen molar-refractivity contribution in [3.8, 4) is 22.8 Å². The first kappa shape index (κ1) is 20.4. The molecule has 5 heteroatoms. The van der Waals surface area contributed by atoms with Crippen LogP contribution in [0.3, 0.4) is 0 Å². The predicted octanol–water partition coefficient (Wildman–Crippen LogP) is 4.62. The molecular formula is C24H26N2O3. The molecule has 0 atom stereocenters. The van der Waals surface area contributed by atoms with E-state index in [0.29, 0.717) is 25.6 Å². The van der Waals surface area contributed by atoms with Gasteiger partial charge in [0.25, 0.3) is 0 Å². The molecule has 1 amide bonds. The summed E-state index contributed by atoms with van der Waals surface area (Å²) in [4.78, 5) is 16.5. The lowest BCUT2D eigenvalue weighted by Crippen LogP contribution is -2.25. The summed E-state index contributed by atoms with van der Waals surface area (Å²) in [5, 5.41) is 2.91. The van der Waals surface area contributed by atoms with Gasteiger partial charge in [0.2, 0.25) is 11.8 Å². The maximum Gasteiger partial charge on any atom is 0.223 e. The smallest absolute Gasteiger partial charge is 0.223 e. The minimum Gasteiger partial charge on any atom is -0.492 e. The molecule has 1 N–H and O–H groups in total. The van der Waals surface area contributed by atoms with E-state index in [1.54, 1.807) is 6.20 Å². The molecule has 29 heavy (non-hydrogen) atoms. The maximum absolute atomic E-state index is 12.2.